The monoisotopic (exact) mass is 392 g/mol. The van der Waals surface area contributed by atoms with Gasteiger partial charge in [-0.25, -0.2) is 0 Å². The Kier molecular flexibility index (Phi) is 6.74. The summed E-state index contributed by atoms with van der Waals surface area (Å²) < 4.78 is 34.4. The number of methoxy groups -OCH3 is 1. The molecule has 27 heavy (non-hydrogen) atoms. The number of ether oxygens (including phenoxy) is 2. The van der Waals surface area contributed by atoms with Gasteiger partial charge in [-0.15, -0.1) is 0 Å². The van der Waals surface area contributed by atoms with Gasteiger partial charge in [-0.3, -0.25) is 4.79 Å². The van der Waals surface area contributed by atoms with Crippen molar-refractivity contribution in [3.8, 4) is 17.6 Å². The summed E-state index contributed by atoms with van der Waals surface area (Å²) in [7, 11) is 1.31. The Morgan fingerprint density at radius 3 is 2.67 bits per heavy atom. The van der Waals surface area contributed by atoms with Crippen LogP contribution < -0.4 is 14.8 Å². The van der Waals surface area contributed by atoms with Crippen LogP contribution in [0.3, 0.4) is 0 Å². The van der Waals surface area contributed by atoms with Crippen molar-refractivity contribution in [1.82, 2.24) is 0 Å². The van der Waals surface area contributed by atoms with Crippen LogP contribution in [0.5, 0.6) is 11.5 Å². The molecule has 2 rings (SSSR count). The van der Waals surface area contributed by atoms with Crippen molar-refractivity contribution < 1.29 is 23.0 Å². The first kappa shape index (κ1) is 20.2. The number of amides is 1. The molecule has 0 saturated heterocycles. The minimum absolute atomic E-state index is 0.102. The molecule has 0 fully saturated rings. The normalized spacial score (nSPS) is 11.1. The van der Waals surface area contributed by atoms with Gasteiger partial charge in [0, 0.05) is 10.7 Å². The molecule has 0 bridgehead atoms. The Morgan fingerprint density at radius 1 is 1.30 bits per heavy atom. The fraction of sp³-hybridized carbons (Fsp3) is 0.158. The SMILES string of the molecule is COc1ccc(/C=C(\C#N)C(=O)Nc2cccc(Cl)c2C)cc1OC(F)F. The molecule has 0 spiro atoms. The quantitative estimate of drug-likeness (QED) is 0.566. The molecule has 0 atom stereocenters. The van der Waals surface area contributed by atoms with Gasteiger partial charge in [0.25, 0.3) is 5.91 Å². The highest BCUT2D eigenvalue weighted by Gasteiger charge is 2.14. The molecule has 0 aliphatic carbocycles. The number of hydrogen-bond acceptors (Lipinski definition) is 4. The number of nitriles is 1. The lowest BCUT2D eigenvalue weighted by atomic mass is 10.1. The predicted octanol–water partition coefficient (Wildman–Crippen LogP) is 4.80. The van der Waals surface area contributed by atoms with Gasteiger partial charge in [-0.05, 0) is 48.4 Å². The molecular formula is C19H15ClF2N2O3. The van der Waals surface area contributed by atoms with Gasteiger partial charge >= 0.3 is 6.61 Å². The number of rotatable bonds is 6. The maximum Gasteiger partial charge on any atom is 0.387 e. The van der Waals surface area contributed by atoms with E-state index in [1.165, 1.54) is 31.4 Å². The summed E-state index contributed by atoms with van der Waals surface area (Å²) in [6.45, 7) is -1.31. The van der Waals surface area contributed by atoms with Crippen LogP contribution in [-0.2, 0) is 4.79 Å². The van der Waals surface area contributed by atoms with E-state index in [0.29, 0.717) is 21.8 Å². The van der Waals surface area contributed by atoms with Crippen molar-refractivity contribution in [2.24, 2.45) is 0 Å². The molecule has 0 radical (unpaired) electrons. The summed E-state index contributed by atoms with van der Waals surface area (Å²) in [5.74, 6) is -0.760. The first-order chi connectivity index (χ1) is 12.8. The molecule has 0 saturated carbocycles. The lowest BCUT2D eigenvalue weighted by Gasteiger charge is -2.11. The van der Waals surface area contributed by atoms with E-state index >= 15 is 0 Å². The van der Waals surface area contributed by atoms with Gasteiger partial charge in [0.2, 0.25) is 0 Å². The Bertz CT molecular complexity index is 924. The van der Waals surface area contributed by atoms with Crippen molar-refractivity contribution in [2.75, 3.05) is 12.4 Å². The van der Waals surface area contributed by atoms with E-state index < -0.39 is 12.5 Å². The van der Waals surface area contributed by atoms with Crippen molar-refractivity contribution in [2.45, 2.75) is 13.5 Å². The molecule has 0 aliphatic heterocycles. The molecule has 0 unspecified atom stereocenters. The minimum Gasteiger partial charge on any atom is -0.493 e. The maximum absolute atomic E-state index is 12.5. The molecule has 2 aromatic rings. The summed E-state index contributed by atoms with van der Waals surface area (Å²) in [4.78, 5) is 12.4. The first-order valence-electron chi connectivity index (χ1n) is 7.66. The van der Waals surface area contributed by atoms with E-state index in [2.05, 4.69) is 10.1 Å². The van der Waals surface area contributed by atoms with Gasteiger partial charge in [0.15, 0.2) is 11.5 Å². The first-order valence-corrected chi connectivity index (χ1v) is 8.04. The van der Waals surface area contributed by atoms with E-state index in [-0.39, 0.29) is 17.1 Å². The topological polar surface area (TPSA) is 71.3 Å². The molecule has 1 amide bonds. The number of anilines is 1. The highest BCUT2D eigenvalue weighted by atomic mass is 35.5. The highest BCUT2D eigenvalue weighted by Crippen LogP contribution is 2.30. The van der Waals surface area contributed by atoms with Crippen LogP contribution in [0, 0.1) is 18.3 Å². The summed E-state index contributed by atoms with van der Waals surface area (Å²) in [5, 5.41) is 12.4. The number of halogens is 3. The predicted molar refractivity (Wildman–Crippen MR) is 98.0 cm³/mol. The van der Waals surface area contributed by atoms with Crippen LogP contribution >= 0.6 is 11.6 Å². The number of carbonyl (C=O) groups is 1. The number of carbonyl (C=O) groups excluding carboxylic acids is 1. The Labute approximate surface area is 159 Å². The van der Waals surface area contributed by atoms with Gasteiger partial charge in [-0.2, -0.15) is 14.0 Å². The Morgan fingerprint density at radius 2 is 2.04 bits per heavy atom. The maximum atomic E-state index is 12.5. The van der Waals surface area contributed by atoms with Crippen LogP contribution in [0.4, 0.5) is 14.5 Å². The van der Waals surface area contributed by atoms with Crippen LogP contribution in [0.1, 0.15) is 11.1 Å². The van der Waals surface area contributed by atoms with Crippen LogP contribution in [-0.4, -0.2) is 19.6 Å². The zero-order chi connectivity index (χ0) is 20.0. The van der Waals surface area contributed by atoms with Gasteiger partial charge in [0.1, 0.15) is 11.6 Å². The highest BCUT2D eigenvalue weighted by molar-refractivity contribution is 6.31. The third-order valence-electron chi connectivity index (χ3n) is 3.60. The fourth-order valence-corrected chi connectivity index (χ4v) is 2.39. The Balaban J connectivity index is 2.31. The van der Waals surface area contributed by atoms with Crippen molar-refractivity contribution >= 4 is 29.3 Å². The zero-order valence-corrected chi connectivity index (χ0v) is 15.2. The number of alkyl halides is 2. The average Bonchev–Trinajstić information content (AvgIpc) is 2.63. The Hall–Kier alpha value is -3.11. The third kappa shape index (κ3) is 5.19. The van der Waals surface area contributed by atoms with Crippen molar-refractivity contribution in [3.05, 3.63) is 58.1 Å². The number of nitrogens with one attached hydrogen (secondary N) is 1. The lowest BCUT2D eigenvalue weighted by molar-refractivity contribution is -0.112. The number of benzene rings is 2. The van der Waals surface area contributed by atoms with E-state index in [4.69, 9.17) is 16.3 Å². The molecular weight excluding hydrogens is 378 g/mol. The molecule has 1 N–H and O–H groups in total. The summed E-state index contributed by atoms with van der Waals surface area (Å²) in [6.07, 6.45) is 1.26. The minimum atomic E-state index is -3.04. The second-order valence-corrected chi connectivity index (χ2v) is 5.73. The summed E-state index contributed by atoms with van der Waals surface area (Å²) >= 11 is 6.01. The molecule has 0 aromatic heterocycles. The number of hydrogen-bond donors (Lipinski definition) is 1. The smallest absolute Gasteiger partial charge is 0.387 e. The lowest BCUT2D eigenvalue weighted by Crippen LogP contribution is -2.14. The zero-order valence-electron chi connectivity index (χ0n) is 14.4. The number of nitrogens with zero attached hydrogens (tertiary/aromatic N) is 1. The molecule has 140 valence electrons. The van der Waals surface area contributed by atoms with Crippen LogP contribution in [0.15, 0.2) is 42.0 Å². The molecule has 5 nitrogen and oxygen atoms in total. The van der Waals surface area contributed by atoms with E-state index in [1.54, 1.807) is 31.2 Å². The van der Waals surface area contributed by atoms with Crippen molar-refractivity contribution in [3.63, 3.8) is 0 Å². The second kappa shape index (κ2) is 9.01. The van der Waals surface area contributed by atoms with E-state index in [1.807, 2.05) is 0 Å². The molecule has 2 aromatic carbocycles. The average molecular weight is 393 g/mol. The summed E-state index contributed by atoms with van der Waals surface area (Å²) in [5.41, 5.74) is 1.22. The molecule has 0 aliphatic rings. The molecule has 0 heterocycles. The van der Waals surface area contributed by atoms with E-state index in [0.717, 1.165) is 0 Å². The van der Waals surface area contributed by atoms with Gasteiger partial charge in [0.05, 0.1) is 7.11 Å². The van der Waals surface area contributed by atoms with Gasteiger partial charge < -0.3 is 14.8 Å². The van der Waals surface area contributed by atoms with Crippen LogP contribution in [0.25, 0.3) is 6.08 Å². The van der Waals surface area contributed by atoms with E-state index in [9.17, 15) is 18.8 Å². The molecule has 8 heteroatoms. The van der Waals surface area contributed by atoms with Crippen LogP contribution in [0.2, 0.25) is 5.02 Å². The standard InChI is InChI=1S/C19H15ClF2N2O3/c1-11-14(20)4-3-5-15(11)24-18(25)13(10-23)8-12-6-7-16(26-2)17(9-12)27-19(21)22/h3-9,19H,1-2H3,(H,24,25)/b13-8+. The largest absolute Gasteiger partial charge is 0.493 e. The van der Waals surface area contributed by atoms with Crippen molar-refractivity contribution in [1.29, 1.82) is 5.26 Å². The summed E-state index contributed by atoms with van der Waals surface area (Å²) in [6, 6.07) is 10.9. The van der Waals surface area contributed by atoms with Gasteiger partial charge in [-0.1, -0.05) is 23.7 Å². The second-order valence-electron chi connectivity index (χ2n) is 5.33. The fourth-order valence-electron chi connectivity index (χ4n) is 2.22. The third-order valence-corrected chi connectivity index (χ3v) is 4.01.